The van der Waals surface area contributed by atoms with Gasteiger partial charge in [-0.25, -0.2) is 4.79 Å². The van der Waals surface area contributed by atoms with Crippen molar-refractivity contribution in [2.75, 3.05) is 13.1 Å². The monoisotopic (exact) mass is 443 g/mol. The summed E-state index contributed by atoms with van der Waals surface area (Å²) in [5.74, 6) is -0.559. The first-order valence-electron chi connectivity index (χ1n) is 11.4. The summed E-state index contributed by atoms with van der Waals surface area (Å²) in [5.41, 5.74) is 0.919. The van der Waals surface area contributed by atoms with Gasteiger partial charge in [0.2, 0.25) is 11.8 Å². The number of hydrogen-bond acceptors (Lipinski definition) is 4. The number of nitrogens with one attached hydrogen (secondary N) is 2. The van der Waals surface area contributed by atoms with Crippen LogP contribution in [0.1, 0.15) is 77.0 Å². The van der Waals surface area contributed by atoms with E-state index in [-0.39, 0.29) is 24.4 Å². The van der Waals surface area contributed by atoms with Crippen molar-refractivity contribution < 1.29 is 19.1 Å². The van der Waals surface area contributed by atoms with E-state index in [1.807, 2.05) is 31.2 Å². The Kier molecular flexibility index (Phi) is 9.29. The van der Waals surface area contributed by atoms with E-state index in [1.54, 1.807) is 26.8 Å². The molecule has 1 aliphatic rings. The van der Waals surface area contributed by atoms with Crippen molar-refractivity contribution in [3.8, 4) is 0 Å². The van der Waals surface area contributed by atoms with Gasteiger partial charge >= 0.3 is 6.09 Å². The number of likely N-dealkylation sites (N-methyl/N-ethyl adjacent to an activating group) is 1. The first-order chi connectivity index (χ1) is 15.1. The zero-order valence-corrected chi connectivity index (χ0v) is 19.8. The molecule has 1 saturated carbocycles. The van der Waals surface area contributed by atoms with Gasteiger partial charge in [-0.3, -0.25) is 9.59 Å². The zero-order valence-electron chi connectivity index (χ0n) is 19.8. The minimum absolute atomic E-state index is 0.120. The second kappa shape index (κ2) is 11.7. The van der Waals surface area contributed by atoms with Gasteiger partial charge in [0.15, 0.2) is 0 Å². The van der Waals surface area contributed by atoms with Crippen LogP contribution in [0.25, 0.3) is 6.08 Å². The van der Waals surface area contributed by atoms with Gasteiger partial charge in [-0.05, 0) is 57.7 Å². The number of amides is 3. The van der Waals surface area contributed by atoms with Crippen LogP contribution in [0.15, 0.2) is 30.8 Å². The number of nitrogens with zero attached hydrogens (tertiary/aromatic N) is 1. The fraction of sp³-hybridized carbons (Fsp3) is 0.560. The van der Waals surface area contributed by atoms with E-state index in [2.05, 4.69) is 17.2 Å². The fourth-order valence-electron chi connectivity index (χ4n) is 3.92. The number of carbonyl (C=O) groups excluding carboxylic acids is 3. The zero-order chi connectivity index (χ0) is 23.7. The summed E-state index contributed by atoms with van der Waals surface area (Å²) in [6, 6.07) is 6.79. The van der Waals surface area contributed by atoms with Crippen LogP contribution in [0.3, 0.4) is 0 Å². The van der Waals surface area contributed by atoms with E-state index in [1.165, 1.54) is 11.3 Å². The SMILES string of the molecule is C=Cc1cccc(C(C(=O)NC2CCCCC2)N(CC)C(=O)CNC(=O)OC(C)(C)C)c1. The van der Waals surface area contributed by atoms with Crippen molar-refractivity contribution >= 4 is 24.0 Å². The molecule has 7 heteroatoms. The number of rotatable bonds is 8. The minimum Gasteiger partial charge on any atom is -0.444 e. The molecule has 1 atom stereocenters. The van der Waals surface area contributed by atoms with Gasteiger partial charge in [0.1, 0.15) is 18.2 Å². The van der Waals surface area contributed by atoms with Crippen molar-refractivity contribution in [1.82, 2.24) is 15.5 Å². The summed E-state index contributed by atoms with van der Waals surface area (Å²) in [5, 5.41) is 5.65. The van der Waals surface area contributed by atoms with Gasteiger partial charge in [-0.1, -0.05) is 50.1 Å². The van der Waals surface area contributed by atoms with Crippen molar-refractivity contribution in [3.05, 3.63) is 42.0 Å². The maximum Gasteiger partial charge on any atom is 0.408 e. The van der Waals surface area contributed by atoms with Crippen LogP contribution in [0.2, 0.25) is 0 Å². The van der Waals surface area contributed by atoms with E-state index in [0.717, 1.165) is 31.2 Å². The highest BCUT2D eigenvalue weighted by molar-refractivity contribution is 5.90. The highest BCUT2D eigenvalue weighted by Crippen LogP contribution is 2.25. The maximum atomic E-state index is 13.4. The van der Waals surface area contributed by atoms with Gasteiger partial charge in [0, 0.05) is 12.6 Å². The number of alkyl carbamates (subject to hydrolysis) is 1. The lowest BCUT2D eigenvalue weighted by Gasteiger charge is -2.33. The van der Waals surface area contributed by atoms with Crippen LogP contribution in [-0.2, 0) is 14.3 Å². The fourth-order valence-corrected chi connectivity index (χ4v) is 3.92. The molecule has 0 aliphatic heterocycles. The molecule has 32 heavy (non-hydrogen) atoms. The van der Waals surface area contributed by atoms with E-state index in [4.69, 9.17) is 4.74 Å². The van der Waals surface area contributed by atoms with Crippen LogP contribution < -0.4 is 10.6 Å². The average molecular weight is 444 g/mol. The lowest BCUT2D eigenvalue weighted by atomic mass is 9.94. The van der Waals surface area contributed by atoms with Crippen LogP contribution in [0.4, 0.5) is 4.79 Å². The first-order valence-corrected chi connectivity index (χ1v) is 11.4. The molecule has 0 bridgehead atoms. The largest absolute Gasteiger partial charge is 0.444 e. The van der Waals surface area contributed by atoms with Crippen LogP contribution >= 0.6 is 0 Å². The molecule has 1 aromatic rings. The Morgan fingerprint density at radius 2 is 1.91 bits per heavy atom. The van der Waals surface area contributed by atoms with Gasteiger partial charge in [0.25, 0.3) is 0 Å². The van der Waals surface area contributed by atoms with E-state index < -0.39 is 17.7 Å². The van der Waals surface area contributed by atoms with Crippen molar-refractivity contribution in [2.45, 2.75) is 77.5 Å². The summed E-state index contributed by atoms with van der Waals surface area (Å²) in [7, 11) is 0. The summed E-state index contributed by atoms with van der Waals surface area (Å²) < 4.78 is 5.21. The standard InChI is InChI=1S/C25H37N3O4/c1-6-18-12-11-13-19(16-18)22(23(30)27-20-14-9-8-10-15-20)28(7-2)21(29)17-26-24(31)32-25(3,4)5/h6,11-13,16,20,22H,1,7-10,14-15,17H2,2-5H3,(H,26,31)(H,27,30). The molecule has 1 unspecified atom stereocenters. The predicted molar refractivity (Wildman–Crippen MR) is 126 cm³/mol. The number of hydrogen-bond donors (Lipinski definition) is 2. The molecular weight excluding hydrogens is 406 g/mol. The van der Waals surface area contributed by atoms with E-state index in [9.17, 15) is 14.4 Å². The Labute approximate surface area is 191 Å². The Morgan fingerprint density at radius 1 is 1.22 bits per heavy atom. The van der Waals surface area contributed by atoms with Gasteiger partial charge in [-0.15, -0.1) is 0 Å². The lowest BCUT2D eigenvalue weighted by molar-refractivity contribution is -0.140. The molecule has 7 nitrogen and oxygen atoms in total. The van der Waals surface area contributed by atoms with Gasteiger partial charge in [0.05, 0.1) is 0 Å². The third kappa shape index (κ3) is 7.70. The molecule has 0 heterocycles. The van der Waals surface area contributed by atoms with Crippen molar-refractivity contribution in [2.24, 2.45) is 0 Å². The van der Waals surface area contributed by atoms with E-state index in [0.29, 0.717) is 12.1 Å². The second-order valence-electron chi connectivity index (χ2n) is 9.16. The Morgan fingerprint density at radius 3 is 2.50 bits per heavy atom. The molecule has 3 amide bonds. The van der Waals surface area contributed by atoms with Crippen LogP contribution in [0, 0.1) is 0 Å². The summed E-state index contributed by atoms with van der Waals surface area (Å²) in [4.78, 5) is 40.0. The molecule has 1 fully saturated rings. The van der Waals surface area contributed by atoms with Gasteiger partial charge < -0.3 is 20.3 Å². The quantitative estimate of drug-likeness (QED) is 0.631. The molecule has 0 saturated heterocycles. The minimum atomic E-state index is -0.797. The Balaban J connectivity index is 2.22. The molecule has 0 spiro atoms. The van der Waals surface area contributed by atoms with Crippen molar-refractivity contribution in [3.63, 3.8) is 0 Å². The van der Waals surface area contributed by atoms with Crippen LogP contribution in [-0.4, -0.2) is 47.5 Å². The summed E-state index contributed by atoms with van der Waals surface area (Å²) in [6.45, 7) is 11.0. The molecule has 2 rings (SSSR count). The molecular formula is C25H37N3O4. The average Bonchev–Trinajstić information content (AvgIpc) is 2.75. The van der Waals surface area contributed by atoms with Crippen LogP contribution in [0.5, 0.6) is 0 Å². The second-order valence-corrected chi connectivity index (χ2v) is 9.16. The number of ether oxygens (including phenoxy) is 1. The lowest BCUT2D eigenvalue weighted by Crippen LogP contribution is -2.49. The highest BCUT2D eigenvalue weighted by atomic mass is 16.6. The summed E-state index contributed by atoms with van der Waals surface area (Å²) in [6.07, 6.45) is 6.32. The topological polar surface area (TPSA) is 87.7 Å². The van der Waals surface area contributed by atoms with E-state index >= 15 is 0 Å². The smallest absolute Gasteiger partial charge is 0.408 e. The van der Waals surface area contributed by atoms with Crippen molar-refractivity contribution in [1.29, 1.82) is 0 Å². The third-order valence-corrected chi connectivity index (χ3v) is 5.42. The summed E-state index contributed by atoms with van der Waals surface area (Å²) >= 11 is 0. The first kappa shape index (κ1) is 25.4. The molecule has 2 N–H and O–H groups in total. The molecule has 0 aromatic heterocycles. The molecule has 0 radical (unpaired) electrons. The number of benzene rings is 1. The molecule has 1 aliphatic carbocycles. The van der Waals surface area contributed by atoms with Gasteiger partial charge in [-0.2, -0.15) is 0 Å². The Hall–Kier alpha value is -2.83. The Bertz CT molecular complexity index is 810. The molecule has 176 valence electrons. The predicted octanol–water partition coefficient (Wildman–Crippen LogP) is 4.19. The molecule has 1 aromatic carbocycles. The number of carbonyl (C=O) groups is 3. The normalized spacial score (nSPS) is 15.4. The maximum absolute atomic E-state index is 13.4. The highest BCUT2D eigenvalue weighted by Gasteiger charge is 2.32. The third-order valence-electron chi connectivity index (χ3n) is 5.42.